The van der Waals surface area contributed by atoms with Gasteiger partial charge in [-0.1, -0.05) is 84.6 Å². The van der Waals surface area contributed by atoms with Crippen LogP contribution in [-0.2, 0) is 11.3 Å². The van der Waals surface area contributed by atoms with Gasteiger partial charge in [0.25, 0.3) is 0 Å². The molecule has 0 aliphatic carbocycles. The standard InChI is InChI=1S/C28H23N5OS/c34-26(30-25-15-13-23(14-16-25)22-10-5-2-6-11-22)20-35-28-32-31-27(24-12-7-17-29-18-24)33(28)19-21-8-3-1-4-9-21/h1-18H,19-20H2,(H,30,34). The van der Waals surface area contributed by atoms with Crippen molar-refractivity contribution in [1.82, 2.24) is 19.7 Å². The molecular weight excluding hydrogens is 454 g/mol. The molecule has 172 valence electrons. The molecule has 5 rings (SSSR count). The summed E-state index contributed by atoms with van der Waals surface area (Å²) in [4.78, 5) is 16.9. The zero-order valence-electron chi connectivity index (χ0n) is 18.9. The average molecular weight is 478 g/mol. The van der Waals surface area contributed by atoms with E-state index in [4.69, 9.17) is 0 Å². The van der Waals surface area contributed by atoms with E-state index in [9.17, 15) is 4.79 Å². The van der Waals surface area contributed by atoms with Gasteiger partial charge in [-0.25, -0.2) is 0 Å². The van der Waals surface area contributed by atoms with Crippen LogP contribution < -0.4 is 5.32 Å². The normalized spacial score (nSPS) is 10.7. The van der Waals surface area contributed by atoms with Crippen LogP contribution in [0.25, 0.3) is 22.5 Å². The molecule has 3 aromatic carbocycles. The maximum absolute atomic E-state index is 12.7. The number of anilines is 1. The molecule has 5 aromatic rings. The minimum atomic E-state index is -0.0975. The Kier molecular flexibility index (Phi) is 6.96. The van der Waals surface area contributed by atoms with Crippen LogP contribution in [-0.4, -0.2) is 31.4 Å². The smallest absolute Gasteiger partial charge is 0.234 e. The number of hydrogen-bond acceptors (Lipinski definition) is 5. The first-order valence-corrected chi connectivity index (χ1v) is 12.2. The number of carbonyl (C=O) groups is 1. The number of benzene rings is 3. The van der Waals surface area contributed by atoms with Gasteiger partial charge in [0.1, 0.15) is 0 Å². The Bertz CT molecular complexity index is 1390. The van der Waals surface area contributed by atoms with Gasteiger partial charge in [-0.15, -0.1) is 10.2 Å². The summed E-state index contributed by atoms with van der Waals surface area (Å²) in [6, 6.07) is 32.0. The zero-order chi connectivity index (χ0) is 23.9. The number of hydrogen-bond donors (Lipinski definition) is 1. The molecule has 0 saturated heterocycles. The third kappa shape index (κ3) is 5.65. The van der Waals surface area contributed by atoms with Crippen LogP contribution in [0.5, 0.6) is 0 Å². The van der Waals surface area contributed by atoms with Crippen molar-refractivity contribution in [1.29, 1.82) is 0 Å². The minimum absolute atomic E-state index is 0.0975. The van der Waals surface area contributed by atoms with Gasteiger partial charge < -0.3 is 5.32 Å². The Hall–Kier alpha value is -4.23. The molecule has 2 heterocycles. The molecule has 1 amide bonds. The second kappa shape index (κ2) is 10.8. The van der Waals surface area contributed by atoms with Crippen molar-refractivity contribution in [2.24, 2.45) is 0 Å². The lowest BCUT2D eigenvalue weighted by Crippen LogP contribution is -2.14. The summed E-state index contributed by atoms with van der Waals surface area (Å²) in [7, 11) is 0. The topological polar surface area (TPSA) is 72.7 Å². The summed E-state index contributed by atoms with van der Waals surface area (Å²) in [5.74, 6) is 0.849. The van der Waals surface area contributed by atoms with Crippen molar-refractivity contribution in [2.75, 3.05) is 11.1 Å². The molecule has 2 aromatic heterocycles. The van der Waals surface area contributed by atoms with E-state index in [0.29, 0.717) is 11.7 Å². The predicted molar refractivity (Wildman–Crippen MR) is 140 cm³/mol. The molecule has 6 nitrogen and oxygen atoms in total. The molecule has 0 atom stereocenters. The summed E-state index contributed by atoms with van der Waals surface area (Å²) in [5.41, 5.74) is 5.02. The van der Waals surface area contributed by atoms with E-state index in [1.807, 2.05) is 77.4 Å². The van der Waals surface area contributed by atoms with Crippen LogP contribution in [0.4, 0.5) is 5.69 Å². The van der Waals surface area contributed by atoms with E-state index in [0.717, 1.165) is 33.8 Å². The lowest BCUT2D eigenvalue weighted by Gasteiger charge is -2.11. The Morgan fingerprint density at radius 2 is 1.46 bits per heavy atom. The Balaban J connectivity index is 1.28. The second-order valence-corrected chi connectivity index (χ2v) is 8.84. The number of amides is 1. The monoisotopic (exact) mass is 477 g/mol. The molecule has 0 fully saturated rings. The Morgan fingerprint density at radius 1 is 0.771 bits per heavy atom. The first kappa shape index (κ1) is 22.6. The van der Waals surface area contributed by atoms with Gasteiger partial charge in [-0.05, 0) is 41.0 Å². The highest BCUT2D eigenvalue weighted by Crippen LogP contribution is 2.25. The molecule has 0 saturated carbocycles. The van der Waals surface area contributed by atoms with Crippen LogP contribution in [0.3, 0.4) is 0 Å². The van der Waals surface area contributed by atoms with Crippen molar-refractivity contribution in [3.05, 3.63) is 115 Å². The number of nitrogens with zero attached hydrogens (tertiary/aromatic N) is 4. The molecule has 0 unspecified atom stereocenters. The number of aromatic nitrogens is 4. The number of nitrogens with one attached hydrogen (secondary N) is 1. The lowest BCUT2D eigenvalue weighted by molar-refractivity contribution is -0.113. The molecule has 7 heteroatoms. The van der Waals surface area contributed by atoms with E-state index in [1.165, 1.54) is 11.8 Å². The molecule has 0 aliphatic rings. The largest absolute Gasteiger partial charge is 0.325 e. The predicted octanol–water partition coefficient (Wildman–Crippen LogP) is 5.79. The fourth-order valence-electron chi connectivity index (χ4n) is 3.72. The SMILES string of the molecule is O=C(CSc1nnc(-c2cccnc2)n1Cc1ccccc1)Nc1ccc(-c2ccccc2)cc1. The van der Waals surface area contributed by atoms with Gasteiger partial charge in [-0.3, -0.25) is 14.3 Å². The number of thioether (sulfide) groups is 1. The number of pyridine rings is 1. The minimum Gasteiger partial charge on any atom is -0.325 e. The molecule has 0 bridgehead atoms. The van der Waals surface area contributed by atoms with E-state index in [-0.39, 0.29) is 11.7 Å². The third-order valence-corrected chi connectivity index (χ3v) is 6.39. The Labute approximate surface area is 208 Å². The van der Waals surface area contributed by atoms with Crippen LogP contribution in [0.15, 0.2) is 115 Å². The van der Waals surface area contributed by atoms with Crippen LogP contribution in [0.1, 0.15) is 5.56 Å². The summed E-state index contributed by atoms with van der Waals surface area (Å²) < 4.78 is 2.03. The van der Waals surface area contributed by atoms with Crippen molar-refractivity contribution < 1.29 is 4.79 Å². The molecular formula is C28H23N5OS. The molecule has 1 N–H and O–H groups in total. The van der Waals surface area contributed by atoms with E-state index in [1.54, 1.807) is 12.4 Å². The van der Waals surface area contributed by atoms with Crippen molar-refractivity contribution in [3.8, 4) is 22.5 Å². The fraction of sp³-hybridized carbons (Fsp3) is 0.0714. The Morgan fingerprint density at radius 3 is 2.17 bits per heavy atom. The van der Waals surface area contributed by atoms with Crippen molar-refractivity contribution in [2.45, 2.75) is 11.7 Å². The third-order valence-electron chi connectivity index (χ3n) is 5.43. The first-order chi connectivity index (χ1) is 17.3. The quantitative estimate of drug-likeness (QED) is 0.287. The average Bonchev–Trinajstić information content (AvgIpc) is 3.32. The highest BCUT2D eigenvalue weighted by atomic mass is 32.2. The van der Waals surface area contributed by atoms with E-state index >= 15 is 0 Å². The van der Waals surface area contributed by atoms with Crippen molar-refractivity contribution >= 4 is 23.4 Å². The van der Waals surface area contributed by atoms with Crippen LogP contribution >= 0.6 is 11.8 Å². The number of rotatable bonds is 8. The van der Waals surface area contributed by atoms with Gasteiger partial charge in [0.2, 0.25) is 5.91 Å². The number of carbonyl (C=O) groups excluding carboxylic acids is 1. The molecule has 0 spiro atoms. The maximum Gasteiger partial charge on any atom is 0.234 e. The highest BCUT2D eigenvalue weighted by Gasteiger charge is 2.16. The maximum atomic E-state index is 12.7. The van der Waals surface area contributed by atoms with Crippen LogP contribution in [0.2, 0.25) is 0 Å². The second-order valence-electron chi connectivity index (χ2n) is 7.90. The van der Waals surface area contributed by atoms with Gasteiger partial charge in [0.05, 0.1) is 12.3 Å². The van der Waals surface area contributed by atoms with Gasteiger partial charge in [0, 0.05) is 23.6 Å². The highest BCUT2D eigenvalue weighted by molar-refractivity contribution is 7.99. The summed E-state index contributed by atoms with van der Waals surface area (Å²) in [6.45, 7) is 0.600. The summed E-state index contributed by atoms with van der Waals surface area (Å²) >= 11 is 1.37. The van der Waals surface area contributed by atoms with E-state index in [2.05, 4.69) is 44.8 Å². The molecule has 0 aliphatic heterocycles. The zero-order valence-corrected chi connectivity index (χ0v) is 19.7. The van der Waals surface area contributed by atoms with Gasteiger partial charge in [-0.2, -0.15) is 0 Å². The molecule has 35 heavy (non-hydrogen) atoms. The van der Waals surface area contributed by atoms with Crippen molar-refractivity contribution in [3.63, 3.8) is 0 Å². The van der Waals surface area contributed by atoms with E-state index < -0.39 is 0 Å². The lowest BCUT2D eigenvalue weighted by atomic mass is 10.1. The van der Waals surface area contributed by atoms with Gasteiger partial charge >= 0.3 is 0 Å². The summed E-state index contributed by atoms with van der Waals surface area (Å²) in [6.07, 6.45) is 3.50. The fourth-order valence-corrected chi connectivity index (χ4v) is 4.45. The van der Waals surface area contributed by atoms with Gasteiger partial charge in [0.15, 0.2) is 11.0 Å². The summed E-state index contributed by atoms with van der Waals surface area (Å²) in [5, 5.41) is 12.4. The molecule has 0 radical (unpaired) electrons. The first-order valence-electron chi connectivity index (χ1n) is 11.2. The van der Waals surface area contributed by atoms with Crippen LogP contribution in [0, 0.1) is 0 Å².